The fraction of sp³-hybridized carbons (Fsp3) is 0.533. The summed E-state index contributed by atoms with van der Waals surface area (Å²) in [4.78, 5) is 21.6. The number of nitro groups is 1. The maximum Gasteiger partial charge on any atom is 0.272 e. The molecule has 20 heavy (non-hydrogen) atoms. The van der Waals surface area contributed by atoms with E-state index in [0.29, 0.717) is 18.4 Å². The van der Waals surface area contributed by atoms with Crippen LogP contribution in [0.2, 0.25) is 0 Å². The summed E-state index contributed by atoms with van der Waals surface area (Å²) in [5, 5.41) is 13.9. The molecule has 1 aromatic carbocycles. The highest BCUT2D eigenvalue weighted by molar-refractivity contribution is 5.48. The molecule has 1 unspecified atom stereocenters. The molecular weight excluding hydrogens is 256 g/mol. The molecule has 0 aromatic heterocycles. The number of carbonyl (C=O) groups excluding carboxylic acids is 1. The number of carbonyl (C=O) groups is 1. The number of nitrogens with zero attached hydrogens (tertiary/aromatic N) is 1. The lowest BCUT2D eigenvalue weighted by Gasteiger charge is -2.36. The highest BCUT2D eigenvalue weighted by Crippen LogP contribution is 2.33. The van der Waals surface area contributed by atoms with Crippen molar-refractivity contribution in [3.05, 3.63) is 39.9 Å². The Morgan fingerprint density at radius 2 is 1.95 bits per heavy atom. The summed E-state index contributed by atoms with van der Waals surface area (Å²) in [6, 6.07) is 6.58. The fourth-order valence-electron chi connectivity index (χ4n) is 2.41. The number of nitro benzene ring substituents is 1. The third-order valence-corrected chi connectivity index (χ3v) is 4.34. The molecule has 0 saturated carbocycles. The average Bonchev–Trinajstić information content (AvgIpc) is 2.46. The van der Waals surface area contributed by atoms with E-state index in [1.165, 1.54) is 6.07 Å². The highest BCUT2D eigenvalue weighted by atomic mass is 16.6. The zero-order valence-corrected chi connectivity index (χ0v) is 12.3. The van der Waals surface area contributed by atoms with Crippen molar-refractivity contribution in [1.29, 1.82) is 0 Å². The fourth-order valence-corrected chi connectivity index (χ4v) is 2.41. The normalized spacial score (nSPS) is 12.8. The molecule has 110 valence electrons. The van der Waals surface area contributed by atoms with E-state index in [2.05, 4.69) is 26.1 Å². The lowest BCUT2D eigenvalue weighted by Crippen LogP contribution is -2.44. The van der Waals surface area contributed by atoms with Crippen LogP contribution in [-0.4, -0.2) is 17.4 Å². The van der Waals surface area contributed by atoms with Crippen LogP contribution in [-0.2, 0) is 11.2 Å². The Hall–Kier alpha value is -1.91. The van der Waals surface area contributed by atoms with Crippen molar-refractivity contribution in [2.45, 2.75) is 46.1 Å². The highest BCUT2D eigenvalue weighted by Gasteiger charge is 2.32. The van der Waals surface area contributed by atoms with Gasteiger partial charge in [-0.05, 0) is 24.7 Å². The van der Waals surface area contributed by atoms with Gasteiger partial charge >= 0.3 is 0 Å². The molecule has 0 radical (unpaired) electrons. The largest absolute Gasteiger partial charge is 0.355 e. The second-order valence-corrected chi connectivity index (χ2v) is 5.29. The lowest BCUT2D eigenvalue weighted by molar-refractivity contribution is -0.385. The molecule has 0 heterocycles. The minimum atomic E-state index is -0.372. The SMILES string of the molecule is CCC(C)(CC)C(Cc1ccccc1[N+](=O)[O-])NC=O. The van der Waals surface area contributed by atoms with E-state index >= 15 is 0 Å². The number of benzene rings is 1. The van der Waals surface area contributed by atoms with Gasteiger partial charge < -0.3 is 5.32 Å². The lowest BCUT2D eigenvalue weighted by atomic mass is 9.75. The second-order valence-electron chi connectivity index (χ2n) is 5.29. The summed E-state index contributed by atoms with van der Waals surface area (Å²) in [7, 11) is 0. The van der Waals surface area contributed by atoms with Crippen LogP contribution in [0.25, 0.3) is 0 Å². The van der Waals surface area contributed by atoms with Gasteiger partial charge in [0.25, 0.3) is 5.69 Å². The average molecular weight is 278 g/mol. The second kappa shape index (κ2) is 7.03. The van der Waals surface area contributed by atoms with Crippen molar-refractivity contribution in [3.63, 3.8) is 0 Å². The Kier molecular flexibility index (Phi) is 5.67. The van der Waals surface area contributed by atoms with Gasteiger partial charge in [0.2, 0.25) is 6.41 Å². The summed E-state index contributed by atoms with van der Waals surface area (Å²) in [5.41, 5.74) is 0.690. The minimum absolute atomic E-state index is 0.0787. The van der Waals surface area contributed by atoms with Crippen molar-refractivity contribution >= 4 is 12.1 Å². The van der Waals surface area contributed by atoms with Crippen molar-refractivity contribution in [2.75, 3.05) is 0 Å². The number of hydrogen-bond acceptors (Lipinski definition) is 3. The van der Waals surface area contributed by atoms with Gasteiger partial charge in [0.05, 0.1) is 4.92 Å². The number of para-hydroxylation sites is 1. The van der Waals surface area contributed by atoms with Crippen molar-refractivity contribution < 1.29 is 9.72 Å². The molecule has 1 N–H and O–H groups in total. The summed E-state index contributed by atoms with van der Waals surface area (Å²) in [6.07, 6.45) is 2.95. The molecule has 1 amide bonds. The Morgan fingerprint density at radius 1 is 1.35 bits per heavy atom. The molecule has 0 aliphatic carbocycles. The Labute approximate surface area is 119 Å². The summed E-state index contributed by atoms with van der Waals surface area (Å²) in [5.74, 6) is 0. The zero-order valence-electron chi connectivity index (χ0n) is 12.3. The van der Waals surface area contributed by atoms with Crippen molar-refractivity contribution in [2.24, 2.45) is 5.41 Å². The molecule has 0 aliphatic heterocycles. The number of amides is 1. The van der Waals surface area contributed by atoms with Crippen molar-refractivity contribution in [1.82, 2.24) is 5.32 Å². The standard InChI is InChI=1S/C15H22N2O3/c1-4-15(3,5-2)14(16-11-18)10-12-8-6-7-9-13(12)17(19)20/h6-9,11,14H,4-5,10H2,1-3H3,(H,16,18). The molecule has 5 nitrogen and oxygen atoms in total. The quantitative estimate of drug-likeness (QED) is 0.451. The van der Waals surface area contributed by atoms with Gasteiger partial charge in [-0.25, -0.2) is 0 Å². The first-order valence-corrected chi connectivity index (χ1v) is 6.90. The van der Waals surface area contributed by atoms with Crippen LogP contribution < -0.4 is 5.32 Å². The minimum Gasteiger partial charge on any atom is -0.355 e. The van der Waals surface area contributed by atoms with Gasteiger partial charge in [-0.3, -0.25) is 14.9 Å². The van der Waals surface area contributed by atoms with Gasteiger partial charge in [-0.2, -0.15) is 0 Å². The molecule has 1 rings (SSSR count). The molecule has 1 atom stereocenters. The van der Waals surface area contributed by atoms with E-state index in [1.807, 2.05) is 0 Å². The van der Waals surface area contributed by atoms with E-state index < -0.39 is 0 Å². The Bertz CT molecular complexity index is 470. The molecule has 0 aliphatic rings. The van der Waals surface area contributed by atoms with Crippen LogP contribution in [0.1, 0.15) is 39.2 Å². The summed E-state index contributed by atoms with van der Waals surface area (Å²) >= 11 is 0. The maximum atomic E-state index is 11.1. The monoisotopic (exact) mass is 278 g/mol. The van der Waals surface area contributed by atoms with Crippen LogP contribution in [0.15, 0.2) is 24.3 Å². The van der Waals surface area contributed by atoms with Gasteiger partial charge in [-0.15, -0.1) is 0 Å². The van der Waals surface area contributed by atoms with Crippen LogP contribution in [0.4, 0.5) is 5.69 Å². The molecule has 0 bridgehead atoms. The number of hydrogen-bond donors (Lipinski definition) is 1. The van der Waals surface area contributed by atoms with E-state index in [-0.39, 0.29) is 22.1 Å². The number of rotatable bonds is 8. The van der Waals surface area contributed by atoms with E-state index in [0.717, 1.165) is 12.8 Å². The van der Waals surface area contributed by atoms with Crippen molar-refractivity contribution in [3.8, 4) is 0 Å². The summed E-state index contributed by atoms with van der Waals surface area (Å²) < 4.78 is 0. The molecule has 1 aromatic rings. The van der Waals surface area contributed by atoms with Gasteiger partial charge in [0.15, 0.2) is 0 Å². The molecular formula is C15H22N2O3. The predicted molar refractivity (Wildman–Crippen MR) is 78.5 cm³/mol. The van der Waals surface area contributed by atoms with E-state index in [1.54, 1.807) is 18.2 Å². The Morgan fingerprint density at radius 3 is 2.45 bits per heavy atom. The third kappa shape index (κ3) is 3.56. The van der Waals surface area contributed by atoms with Gasteiger partial charge in [0.1, 0.15) is 0 Å². The van der Waals surface area contributed by atoms with Gasteiger partial charge in [-0.1, -0.05) is 39.0 Å². The van der Waals surface area contributed by atoms with Crippen LogP contribution in [0.5, 0.6) is 0 Å². The van der Waals surface area contributed by atoms with E-state index in [4.69, 9.17) is 0 Å². The van der Waals surface area contributed by atoms with Crippen LogP contribution in [0.3, 0.4) is 0 Å². The number of nitrogens with one attached hydrogen (secondary N) is 1. The predicted octanol–water partition coefficient (Wildman–Crippen LogP) is 3.08. The van der Waals surface area contributed by atoms with Crippen LogP contribution in [0, 0.1) is 15.5 Å². The molecule has 5 heteroatoms. The van der Waals surface area contributed by atoms with E-state index in [9.17, 15) is 14.9 Å². The van der Waals surface area contributed by atoms with Gasteiger partial charge in [0, 0.05) is 17.7 Å². The first kappa shape index (κ1) is 16.1. The third-order valence-electron chi connectivity index (χ3n) is 4.34. The topological polar surface area (TPSA) is 72.2 Å². The molecule has 0 spiro atoms. The van der Waals surface area contributed by atoms with Crippen LogP contribution >= 0.6 is 0 Å². The molecule has 0 fully saturated rings. The first-order valence-electron chi connectivity index (χ1n) is 6.90. The Balaban J connectivity index is 3.08. The molecule has 0 saturated heterocycles. The summed E-state index contributed by atoms with van der Waals surface area (Å²) in [6.45, 7) is 6.24. The first-order chi connectivity index (χ1) is 9.48. The maximum absolute atomic E-state index is 11.1. The zero-order chi connectivity index (χ0) is 15.2. The smallest absolute Gasteiger partial charge is 0.272 e.